The summed E-state index contributed by atoms with van der Waals surface area (Å²) in [7, 11) is 0. The van der Waals surface area contributed by atoms with E-state index in [1.165, 1.54) is 31.7 Å². The normalized spacial score (nSPS) is 18.6. The Kier molecular flexibility index (Phi) is 5.35. The van der Waals surface area contributed by atoms with E-state index >= 15 is 0 Å². The molecule has 0 aliphatic heterocycles. The molecule has 1 atom stereocenters. The Balaban J connectivity index is 2.06. The summed E-state index contributed by atoms with van der Waals surface area (Å²) >= 11 is 3.13. The number of nitrogens with zero attached hydrogens (tertiary/aromatic N) is 1. The highest BCUT2D eigenvalue weighted by molar-refractivity contribution is 9.10. The van der Waals surface area contributed by atoms with E-state index in [4.69, 9.17) is 0 Å². The van der Waals surface area contributed by atoms with Crippen molar-refractivity contribution in [2.75, 3.05) is 0 Å². The first-order valence-corrected chi connectivity index (χ1v) is 7.60. The number of rotatable bonds is 3. The minimum atomic E-state index is -0.425. The van der Waals surface area contributed by atoms with Gasteiger partial charge in [0, 0.05) is 6.04 Å². The zero-order valence-corrected chi connectivity index (χ0v) is 12.4. The van der Waals surface area contributed by atoms with Gasteiger partial charge in [-0.2, -0.15) is 5.26 Å². The van der Waals surface area contributed by atoms with Crippen LogP contribution in [-0.4, -0.2) is 6.04 Å². The van der Waals surface area contributed by atoms with Crippen LogP contribution in [0.5, 0.6) is 0 Å². The number of nitrogens with one attached hydrogen (secondary N) is 1. The average Bonchev–Trinajstić information content (AvgIpc) is 2.68. The molecule has 1 N–H and O–H groups in total. The number of nitriles is 1. The van der Waals surface area contributed by atoms with Crippen molar-refractivity contribution in [2.24, 2.45) is 0 Å². The molecule has 4 heteroatoms. The third kappa shape index (κ3) is 4.02. The molecular formula is C15H18BrFN2. The Morgan fingerprint density at radius 1 is 1.26 bits per heavy atom. The molecule has 0 amide bonds. The second-order valence-corrected chi connectivity index (χ2v) is 5.95. The summed E-state index contributed by atoms with van der Waals surface area (Å²) in [6, 6.07) is 7.07. The summed E-state index contributed by atoms with van der Waals surface area (Å²) in [6.45, 7) is 0. The van der Waals surface area contributed by atoms with Crippen LogP contribution < -0.4 is 5.32 Å². The van der Waals surface area contributed by atoms with E-state index in [0.717, 1.165) is 12.8 Å². The van der Waals surface area contributed by atoms with Crippen LogP contribution in [-0.2, 0) is 0 Å². The van der Waals surface area contributed by atoms with Crippen LogP contribution in [0.15, 0.2) is 22.7 Å². The number of hydrogen-bond donors (Lipinski definition) is 1. The van der Waals surface area contributed by atoms with Crippen molar-refractivity contribution in [1.82, 2.24) is 5.32 Å². The molecule has 0 spiro atoms. The summed E-state index contributed by atoms with van der Waals surface area (Å²) in [6.07, 6.45) is 7.20. The standard InChI is InChI=1S/C15H18BrFN2/c16-13-8-7-11(9-14(13)17)15(10-18)19-12-5-3-1-2-4-6-12/h7-9,12,15,19H,1-6H2. The zero-order chi connectivity index (χ0) is 13.7. The van der Waals surface area contributed by atoms with E-state index in [9.17, 15) is 9.65 Å². The highest BCUT2D eigenvalue weighted by atomic mass is 79.9. The largest absolute Gasteiger partial charge is 0.295 e. The molecule has 1 saturated carbocycles. The van der Waals surface area contributed by atoms with E-state index in [1.54, 1.807) is 12.1 Å². The average molecular weight is 325 g/mol. The van der Waals surface area contributed by atoms with Crippen LogP contribution >= 0.6 is 15.9 Å². The molecule has 0 heterocycles. The fraction of sp³-hybridized carbons (Fsp3) is 0.533. The zero-order valence-electron chi connectivity index (χ0n) is 10.8. The van der Waals surface area contributed by atoms with Crippen molar-refractivity contribution in [3.63, 3.8) is 0 Å². The minimum Gasteiger partial charge on any atom is -0.295 e. The van der Waals surface area contributed by atoms with Crippen LogP contribution in [0.1, 0.15) is 50.1 Å². The SMILES string of the molecule is N#CC(NC1CCCCCC1)c1ccc(Br)c(F)c1. The van der Waals surface area contributed by atoms with Gasteiger partial charge in [0.25, 0.3) is 0 Å². The maximum absolute atomic E-state index is 13.5. The van der Waals surface area contributed by atoms with Crippen LogP contribution in [0.4, 0.5) is 4.39 Å². The smallest absolute Gasteiger partial charge is 0.137 e. The predicted molar refractivity (Wildman–Crippen MR) is 77.1 cm³/mol. The molecule has 1 unspecified atom stereocenters. The van der Waals surface area contributed by atoms with Crippen LogP contribution in [0.3, 0.4) is 0 Å². The Morgan fingerprint density at radius 3 is 2.53 bits per heavy atom. The van der Waals surface area contributed by atoms with Crippen molar-refractivity contribution in [3.05, 3.63) is 34.1 Å². The lowest BCUT2D eigenvalue weighted by Gasteiger charge is -2.20. The van der Waals surface area contributed by atoms with Gasteiger partial charge in [0.15, 0.2) is 0 Å². The highest BCUT2D eigenvalue weighted by Gasteiger charge is 2.18. The van der Waals surface area contributed by atoms with Crippen LogP contribution in [0, 0.1) is 17.1 Å². The molecule has 0 aromatic heterocycles. The van der Waals surface area contributed by atoms with E-state index in [0.29, 0.717) is 16.1 Å². The summed E-state index contributed by atoms with van der Waals surface area (Å²) in [5.41, 5.74) is 0.701. The van der Waals surface area contributed by atoms with Gasteiger partial charge in [0.1, 0.15) is 11.9 Å². The molecule has 1 aromatic rings. The number of hydrogen-bond acceptors (Lipinski definition) is 2. The van der Waals surface area contributed by atoms with Crippen LogP contribution in [0.25, 0.3) is 0 Å². The highest BCUT2D eigenvalue weighted by Crippen LogP contribution is 2.23. The van der Waals surface area contributed by atoms with Gasteiger partial charge in [-0.1, -0.05) is 31.7 Å². The van der Waals surface area contributed by atoms with Gasteiger partial charge in [-0.05, 0) is 46.5 Å². The first-order chi connectivity index (χ1) is 9.20. The van der Waals surface area contributed by atoms with Crippen LogP contribution in [0.2, 0.25) is 0 Å². The summed E-state index contributed by atoms with van der Waals surface area (Å²) in [5, 5.41) is 12.7. The second kappa shape index (κ2) is 7.02. The maximum Gasteiger partial charge on any atom is 0.137 e. The molecule has 2 nitrogen and oxygen atoms in total. The minimum absolute atomic E-state index is 0.319. The predicted octanol–water partition coefficient (Wildman–Crippen LogP) is 4.47. The van der Waals surface area contributed by atoms with Gasteiger partial charge in [-0.3, -0.25) is 5.32 Å². The lowest BCUT2D eigenvalue weighted by molar-refractivity contribution is 0.435. The molecule has 2 rings (SSSR count). The van der Waals surface area contributed by atoms with Crippen molar-refractivity contribution >= 4 is 15.9 Å². The topological polar surface area (TPSA) is 35.8 Å². The lowest BCUT2D eigenvalue weighted by Crippen LogP contribution is -2.31. The maximum atomic E-state index is 13.5. The van der Waals surface area contributed by atoms with E-state index in [2.05, 4.69) is 27.3 Å². The van der Waals surface area contributed by atoms with Gasteiger partial charge in [0.2, 0.25) is 0 Å². The molecule has 1 fully saturated rings. The summed E-state index contributed by atoms with van der Waals surface area (Å²) in [4.78, 5) is 0. The molecule has 0 bridgehead atoms. The fourth-order valence-corrected chi connectivity index (χ4v) is 2.83. The third-order valence-electron chi connectivity index (χ3n) is 3.66. The van der Waals surface area contributed by atoms with E-state index < -0.39 is 6.04 Å². The van der Waals surface area contributed by atoms with Gasteiger partial charge >= 0.3 is 0 Å². The molecule has 0 radical (unpaired) electrons. The quantitative estimate of drug-likeness (QED) is 0.833. The van der Waals surface area contributed by atoms with Crippen molar-refractivity contribution in [1.29, 1.82) is 5.26 Å². The van der Waals surface area contributed by atoms with Gasteiger partial charge in [-0.25, -0.2) is 4.39 Å². The molecule has 102 valence electrons. The molecular weight excluding hydrogens is 307 g/mol. The Labute approximate surface area is 122 Å². The molecule has 1 aromatic carbocycles. The van der Waals surface area contributed by atoms with E-state index in [1.807, 2.05) is 0 Å². The lowest BCUT2D eigenvalue weighted by atomic mass is 10.0. The number of halogens is 2. The monoisotopic (exact) mass is 324 g/mol. The number of benzene rings is 1. The van der Waals surface area contributed by atoms with Crippen molar-refractivity contribution in [2.45, 2.75) is 50.6 Å². The molecule has 19 heavy (non-hydrogen) atoms. The van der Waals surface area contributed by atoms with Crippen molar-refractivity contribution in [3.8, 4) is 6.07 Å². The summed E-state index contributed by atoms with van der Waals surface area (Å²) < 4.78 is 14.0. The Hall–Kier alpha value is -0.920. The Morgan fingerprint density at radius 2 is 1.95 bits per heavy atom. The second-order valence-electron chi connectivity index (χ2n) is 5.09. The molecule has 0 saturated heterocycles. The third-order valence-corrected chi connectivity index (χ3v) is 4.31. The van der Waals surface area contributed by atoms with E-state index in [-0.39, 0.29) is 5.82 Å². The molecule has 1 aliphatic rings. The van der Waals surface area contributed by atoms with Crippen molar-refractivity contribution < 1.29 is 4.39 Å². The van der Waals surface area contributed by atoms with Gasteiger partial charge in [0.05, 0.1) is 10.5 Å². The van der Waals surface area contributed by atoms with Gasteiger partial charge in [-0.15, -0.1) is 0 Å². The first-order valence-electron chi connectivity index (χ1n) is 6.81. The molecule has 1 aliphatic carbocycles. The first kappa shape index (κ1) is 14.5. The van der Waals surface area contributed by atoms with Gasteiger partial charge < -0.3 is 0 Å². The summed E-state index contributed by atoms with van der Waals surface area (Å²) in [5.74, 6) is -0.319. The Bertz CT molecular complexity index is 462. The fourth-order valence-electron chi connectivity index (χ4n) is 2.58.